The minimum Gasteiger partial charge on any atom is -0.355 e. The molecule has 0 saturated carbocycles. The third-order valence-corrected chi connectivity index (χ3v) is 3.26. The predicted molar refractivity (Wildman–Crippen MR) is 79.8 cm³/mol. The highest BCUT2D eigenvalue weighted by Crippen LogP contribution is 2.27. The molecule has 2 aromatic rings. The van der Waals surface area contributed by atoms with E-state index in [4.69, 9.17) is 0 Å². The molecule has 3 heteroatoms. The van der Waals surface area contributed by atoms with Crippen molar-refractivity contribution in [2.45, 2.75) is 6.92 Å². The molecular formula is C17H13NO2. The number of hydrogen-bond acceptors (Lipinski definition) is 3. The van der Waals surface area contributed by atoms with Crippen LogP contribution in [0.3, 0.4) is 0 Å². The third kappa shape index (κ3) is 2.26. The van der Waals surface area contributed by atoms with E-state index in [0.717, 1.165) is 5.69 Å². The van der Waals surface area contributed by atoms with E-state index in [1.54, 1.807) is 12.1 Å². The number of fused-ring (bicyclic) bond motifs is 1. The van der Waals surface area contributed by atoms with Crippen molar-refractivity contribution in [3.63, 3.8) is 0 Å². The molecule has 0 spiro atoms. The molecule has 0 heterocycles. The van der Waals surface area contributed by atoms with Crippen LogP contribution in [-0.2, 0) is 0 Å². The average molecular weight is 263 g/mol. The van der Waals surface area contributed by atoms with Gasteiger partial charge in [-0.05, 0) is 31.2 Å². The van der Waals surface area contributed by atoms with Crippen LogP contribution in [0.1, 0.15) is 21.5 Å². The molecule has 0 aromatic heterocycles. The van der Waals surface area contributed by atoms with Crippen molar-refractivity contribution < 1.29 is 4.79 Å². The molecule has 0 fully saturated rings. The zero-order valence-electron chi connectivity index (χ0n) is 11.0. The second-order valence-electron chi connectivity index (χ2n) is 4.81. The Morgan fingerprint density at radius 1 is 0.900 bits per heavy atom. The maximum Gasteiger partial charge on any atom is 0.188 e. The van der Waals surface area contributed by atoms with Crippen LogP contribution in [0.15, 0.2) is 59.4 Å². The van der Waals surface area contributed by atoms with E-state index in [2.05, 4.69) is 5.32 Å². The summed E-state index contributed by atoms with van der Waals surface area (Å²) in [4.78, 5) is 23.6. The molecule has 1 aliphatic carbocycles. The number of anilines is 1. The topological polar surface area (TPSA) is 46.2 Å². The van der Waals surface area contributed by atoms with E-state index in [-0.39, 0.29) is 11.2 Å². The molecule has 1 aliphatic rings. The fourth-order valence-electron chi connectivity index (χ4n) is 2.22. The van der Waals surface area contributed by atoms with E-state index >= 15 is 0 Å². The number of rotatable bonds is 2. The summed E-state index contributed by atoms with van der Waals surface area (Å²) in [6.07, 6.45) is 1.53. The second-order valence-corrected chi connectivity index (χ2v) is 4.81. The lowest BCUT2D eigenvalue weighted by atomic mass is 10.1. The summed E-state index contributed by atoms with van der Waals surface area (Å²) in [5.74, 6) is -0.0785. The van der Waals surface area contributed by atoms with Gasteiger partial charge in [0.15, 0.2) is 11.2 Å². The van der Waals surface area contributed by atoms with Gasteiger partial charge in [-0.3, -0.25) is 9.59 Å². The van der Waals surface area contributed by atoms with Gasteiger partial charge in [-0.1, -0.05) is 29.8 Å². The molecule has 0 unspecified atom stereocenters. The molecule has 3 rings (SSSR count). The summed E-state index contributed by atoms with van der Waals surface area (Å²) < 4.78 is 0. The van der Waals surface area contributed by atoms with Crippen molar-refractivity contribution in [1.29, 1.82) is 0 Å². The minimum atomic E-state index is -0.113. The van der Waals surface area contributed by atoms with Gasteiger partial charge in [-0.25, -0.2) is 0 Å². The predicted octanol–water partition coefficient (Wildman–Crippen LogP) is 3.00. The summed E-state index contributed by atoms with van der Waals surface area (Å²) in [7, 11) is 0. The normalized spacial score (nSPS) is 12.8. The molecule has 2 aromatic carbocycles. The zero-order valence-corrected chi connectivity index (χ0v) is 11.0. The van der Waals surface area contributed by atoms with Crippen molar-refractivity contribution in [2.75, 3.05) is 5.32 Å². The third-order valence-electron chi connectivity index (χ3n) is 3.26. The van der Waals surface area contributed by atoms with Crippen molar-refractivity contribution >= 4 is 17.2 Å². The number of benzene rings is 1. The Morgan fingerprint density at radius 2 is 1.65 bits per heavy atom. The van der Waals surface area contributed by atoms with Crippen molar-refractivity contribution in [3.8, 4) is 0 Å². The van der Waals surface area contributed by atoms with E-state index < -0.39 is 0 Å². The first-order chi connectivity index (χ1) is 9.63. The Morgan fingerprint density at radius 3 is 2.40 bits per heavy atom. The van der Waals surface area contributed by atoms with Crippen LogP contribution in [0.2, 0.25) is 0 Å². The quantitative estimate of drug-likeness (QED) is 0.906. The van der Waals surface area contributed by atoms with Crippen molar-refractivity contribution in [3.05, 3.63) is 81.5 Å². The summed E-state index contributed by atoms with van der Waals surface area (Å²) in [5.41, 5.74) is 3.83. The monoisotopic (exact) mass is 263 g/mol. The molecule has 3 nitrogen and oxygen atoms in total. The Bertz CT molecular complexity index is 774. The maximum atomic E-state index is 12.0. The molecule has 98 valence electrons. The van der Waals surface area contributed by atoms with Gasteiger partial charge in [0.1, 0.15) is 0 Å². The van der Waals surface area contributed by atoms with Gasteiger partial charge in [0.25, 0.3) is 0 Å². The van der Waals surface area contributed by atoms with Gasteiger partial charge in [-0.2, -0.15) is 0 Å². The smallest absolute Gasteiger partial charge is 0.188 e. The SMILES string of the molecule is Cc1ccc(NC2=CC(=O)c3cccc(=O)cc32)cc1. The number of nitrogens with one attached hydrogen (secondary N) is 1. The Hall–Kier alpha value is -2.68. The molecule has 0 bridgehead atoms. The summed E-state index contributed by atoms with van der Waals surface area (Å²) in [6.45, 7) is 2.02. The lowest BCUT2D eigenvalue weighted by Gasteiger charge is -2.08. The first-order valence-corrected chi connectivity index (χ1v) is 6.38. The average Bonchev–Trinajstić information content (AvgIpc) is 2.61. The van der Waals surface area contributed by atoms with Gasteiger partial charge in [-0.15, -0.1) is 0 Å². The van der Waals surface area contributed by atoms with Crippen LogP contribution >= 0.6 is 0 Å². The molecule has 1 N–H and O–H groups in total. The molecular weight excluding hydrogens is 250 g/mol. The Balaban J connectivity index is 2.02. The number of aryl methyl sites for hydroxylation is 1. The number of carbonyl (C=O) groups is 1. The van der Waals surface area contributed by atoms with Crippen LogP contribution in [0.5, 0.6) is 0 Å². The highest BCUT2D eigenvalue weighted by atomic mass is 16.1. The number of ketones is 1. The van der Waals surface area contributed by atoms with Gasteiger partial charge in [0.05, 0.1) is 5.70 Å². The summed E-state index contributed by atoms with van der Waals surface area (Å²) in [5, 5.41) is 3.20. The van der Waals surface area contributed by atoms with Gasteiger partial charge >= 0.3 is 0 Å². The first-order valence-electron chi connectivity index (χ1n) is 6.38. The number of allylic oxidation sites excluding steroid dienone is 1. The van der Waals surface area contributed by atoms with Gasteiger partial charge < -0.3 is 5.32 Å². The largest absolute Gasteiger partial charge is 0.355 e. The Labute approximate surface area is 116 Å². The van der Waals surface area contributed by atoms with Crippen LogP contribution < -0.4 is 10.7 Å². The zero-order chi connectivity index (χ0) is 14.1. The highest BCUT2D eigenvalue weighted by Gasteiger charge is 2.20. The molecule has 0 saturated heterocycles. The summed E-state index contributed by atoms with van der Waals surface area (Å²) >= 11 is 0. The maximum absolute atomic E-state index is 12.0. The summed E-state index contributed by atoms with van der Waals surface area (Å²) in [6, 6.07) is 14.1. The highest BCUT2D eigenvalue weighted by molar-refractivity contribution is 6.17. The lowest BCUT2D eigenvalue weighted by molar-refractivity contribution is 0.105. The van der Waals surface area contributed by atoms with Crippen LogP contribution in [-0.4, -0.2) is 5.78 Å². The standard InChI is InChI=1S/C17H13NO2/c1-11-5-7-12(8-6-11)18-16-10-17(20)14-4-2-3-13(19)9-15(14)16/h2-10,18H,1H3. The van der Waals surface area contributed by atoms with E-state index in [1.807, 2.05) is 31.2 Å². The van der Waals surface area contributed by atoms with Crippen molar-refractivity contribution in [1.82, 2.24) is 0 Å². The fourth-order valence-corrected chi connectivity index (χ4v) is 2.22. The Kier molecular flexibility index (Phi) is 2.95. The van der Waals surface area contributed by atoms with Gasteiger partial charge in [0.2, 0.25) is 0 Å². The molecule has 0 radical (unpaired) electrons. The number of carbonyl (C=O) groups excluding carboxylic acids is 1. The molecule has 0 atom stereocenters. The molecule has 0 amide bonds. The van der Waals surface area contributed by atoms with E-state index in [0.29, 0.717) is 16.8 Å². The fraction of sp³-hybridized carbons (Fsp3) is 0.0588. The van der Waals surface area contributed by atoms with Crippen LogP contribution in [0.4, 0.5) is 5.69 Å². The van der Waals surface area contributed by atoms with Crippen molar-refractivity contribution in [2.24, 2.45) is 0 Å². The minimum absolute atomic E-state index is 0.0785. The second kappa shape index (κ2) is 4.78. The molecule has 0 aliphatic heterocycles. The lowest BCUT2D eigenvalue weighted by Crippen LogP contribution is -1.99. The van der Waals surface area contributed by atoms with E-state index in [9.17, 15) is 9.59 Å². The number of hydrogen-bond donors (Lipinski definition) is 1. The van der Waals surface area contributed by atoms with E-state index in [1.165, 1.54) is 23.8 Å². The van der Waals surface area contributed by atoms with Crippen LogP contribution in [0, 0.1) is 6.92 Å². The van der Waals surface area contributed by atoms with Crippen LogP contribution in [0.25, 0.3) is 5.70 Å². The first kappa shape index (κ1) is 12.4. The van der Waals surface area contributed by atoms with Gasteiger partial charge in [0, 0.05) is 22.9 Å². The molecule has 20 heavy (non-hydrogen) atoms.